The second-order valence-corrected chi connectivity index (χ2v) is 2.70. The molecule has 5 heteroatoms. The van der Waals surface area contributed by atoms with E-state index in [1.165, 1.54) is 0 Å². The highest BCUT2D eigenvalue weighted by atomic mass is 16.5. The Morgan fingerprint density at radius 1 is 1.20 bits per heavy atom. The minimum atomic E-state index is -0.450. The summed E-state index contributed by atoms with van der Waals surface area (Å²) < 4.78 is 9.35. The summed E-state index contributed by atoms with van der Waals surface area (Å²) in [5, 5.41) is 0. The third-order valence-corrected chi connectivity index (χ3v) is 1.46. The van der Waals surface area contributed by atoms with Crippen molar-refractivity contribution in [2.24, 2.45) is 4.99 Å². The van der Waals surface area contributed by atoms with E-state index in [9.17, 15) is 9.59 Å². The number of carbonyl (C=O) groups is 2. The van der Waals surface area contributed by atoms with Gasteiger partial charge in [0.25, 0.3) is 0 Å². The molecule has 86 valence electrons. The first-order valence-corrected chi connectivity index (χ1v) is 5.02. The van der Waals surface area contributed by atoms with Crippen LogP contribution in [0.2, 0.25) is 0 Å². The van der Waals surface area contributed by atoms with Crippen LogP contribution in [0.5, 0.6) is 0 Å². The van der Waals surface area contributed by atoms with Crippen LogP contribution >= 0.6 is 0 Å². The van der Waals surface area contributed by atoms with E-state index < -0.39 is 5.97 Å². The molecule has 0 spiro atoms. The predicted molar refractivity (Wildman–Crippen MR) is 55.9 cm³/mol. The zero-order valence-corrected chi connectivity index (χ0v) is 9.19. The third-order valence-electron chi connectivity index (χ3n) is 1.46. The standard InChI is InChI=1S/C10H17NO4/c1-3-14-9(12)6-5-7-11-8-10(13)15-4-2/h8H,3-7H2,1-2H3. The molecule has 0 rings (SSSR count). The fraction of sp³-hybridized carbons (Fsp3) is 0.700. The average molecular weight is 215 g/mol. The van der Waals surface area contributed by atoms with Crippen LogP contribution in [0.1, 0.15) is 26.7 Å². The molecule has 0 amide bonds. The molecule has 0 bridgehead atoms. The maximum absolute atomic E-state index is 10.9. The Labute approximate surface area is 89.5 Å². The van der Waals surface area contributed by atoms with Crippen molar-refractivity contribution in [3.8, 4) is 0 Å². The fourth-order valence-electron chi connectivity index (χ4n) is 0.866. The maximum Gasteiger partial charge on any atom is 0.348 e. The summed E-state index contributed by atoms with van der Waals surface area (Å²) in [6.07, 6.45) is 2.04. The highest BCUT2D eigenvalue weighted by molar-refractivity contribution is 6.23. The fourth-order valence-corrected chi connectivity index (χ4v) is 0.866. The molecule has 0 aromatic heterocycles. The van der Waals surface area contributed by atoms with Gasteiger partial charge in [-0.3, -0.25) is 9.79 Å². The van der Waals surface area contributed by atoms with Crippen molar-refractivity contribution in [1.82, 2.24) is 0 Å². The molecule has 0 aromatic carbocycles. The van der Waals surface area contributed by atoms with Crippen LogP contribution in [0, 0.1) is 0 Å². The first kappa shape index (κ1) is 13.6. The van der Waals surface area contributed by atoms with E-state index >= 15 is 0 Å². The van der Waals surface area contributed by atoms with Gasteiger partial charge in [0.1, 0.15) is 6.21 Å². The van der Waals surface area contributed by atoms with Gasteiger partial charge in [0, 0.05) is 13.0 Å². The van der Waals surface area contributed by atoms with Crippen LogP contribution in [-0.4, -0.2) is 37.9 Å². The summed E-state index contributed by atoms with van der Waals surface area (Å²) in [6, 6.07) is 0. The van der Waals surface area contributed by atoms with Gasteiger partial charge in [-0.1, -0.05) is 0 Å². The van der Waals surface area contributed by atoms with Crippen LogP contribution in [0.4, 0.5) is 0 Å². The number of ether oxygens (including phenoxy) is 2. The zero-order valence-electron chi connectivity index (χ0n) is 9.19. The third kappa shape index (κ3) is 8.93. The highest BCUT2D eigenvalue weighted by Gasteiger charge is 1.99. The second-order valence-electron chi connectivity index (χ2n) is 2.70. The van der Waals surface area contributed by atoms with E-state index in [1.54, 1.807) is 13.8 Å². The van der Waals surface area contributed by atoms with Crippen molar-refractivity contribution < 1.29 is 19.1 Å². The summed E-state index contributed by atoms with van der Waals surface area (Å²) in [4.78, 5) is 25.5. The molecule has 0 N–H and O–H groups in total. The summed E-state index contributed by atoms with van der Waals surface area (Å²) in [5.41, 5.74) is 0. The van der Waals surface area contributed by atoms with Crippen LogP contribution in [0.15, 0.2) is 4.99 Å². The molecule has 0 heterocycles. The van der Waals surface area contributed by atoms with Crippen LogP contribution in [0.3, 0.4) is 0 Å². The lowest BCUT2D eigenvalue weighted by Gasteiger charge is -1.99. The van der Waals surface area contributed by atoms with Crippen molar-refractivity contribution in [3.05, 3.63) is 0 Å². The van der Waals surface area contributed by atoms with Gasteiger partial charge >= 0.3 is 11.9 Å². The van der Waals surface area contributed by atoms with E-state index in [4.69, 9.17) is 4.74 Å². The molecule has 0 saturated carbocycles. The molecule has 0 atom stereocenters. The number of aliphatic imine (C=N–C) groups is 1. The predicted octanol–water partition coefficient (Wildman–Crippen LogP) is 0.964. The Bertz CT molecular complexity index is 225. The van der Waals surface area contributed by atoms with Gasteiger partial charge in [0.05, 0.1) is 13.2 Å². The SMILES string of the molecule is CCOC(=O)C=NCCCC(=O)OCC. The first-order valence-electron chi connectivity index (χ1n) is 5.02. The van der Waals surface area contributed by atoms with Gasteiger partial charge in [-0.2, -0.15) is 0 Å². The molecule has 0 aliphatic carbocycles. The Morgan fingerprint density at radius 2 is 1.87 bits per heavy atom. The summed E-state index contributed by atoms with van der Waals surface area (Å²) >= 11 is 0. The van der Waals surface area contributed by atoms with E-state index in [0.29, 0.717) is 32.6 Å². The van der Waals surface area contributed by atoms with E-state index in [1.807, 2.05) is 0 Å². The van der Waals surface area contributed by atoms with E-state index in [2.05, 4.69) is 9.73 Å². The molecule has 5 nitrogen and oxygen atoms in total. The average Bonchev–Trinajstić information content (AvgIpc) is 2.18. The largest absolute Gasteiger partial charge is 0.466 e. The van der Waals surface area contributed by atoms with Gasteiger partial charge in [-0.25, -0.2) is 4.79 Å². The second kappa shape index (κ2) is 9.18. The maximum atomic E-state index is 10.9. The van der Waals surface area contributed by atoms with E-state index in [0.717, 1.165) is 6.21 Å². The number of nitrogens with zero attached hydrogens (tertiary/aromatic N) is 1. The van der Waals surface area contributed by atoms with Crippen molar-refractivity contribution in [1.29, 1.82) is 0 Å². The summed E-state index contributed by atoms with van der Waals surface area (Å²) in [5.74, 6) is -0.683. The van der Waals surface area contributed by atoms with Gasteiger partial charge in [-0.15, -0.1) is 0 Å². The van der Waals surface area contributed by atoms with Crippen molar-refractivity contribution >= 4 is 18.2 Å². The Morgan fingerprint density at radius 3 is 2.47 bits per heavy atom. The molecule has 0 radical (unpaired) electrons. The molecular weight excluding hydrogens is 198 g/mol. The van der Waals surface area contributed by atoms with Crippen molar-refractivity contribution in [2.75, 3.05) is 19.8 Å². The lowest BCUT2D eigenvalue weighted by Crippen LogP contribution is -2.06. The zero-order chi connectivity index (χ0) is 11.5. The number of carbonyl (C=O) groups excluding carboxylic acids is 2. The lowest BCUT2D eigenvalue weighted by atomic mass is 10.3. The molecular formula is C10H17NO4. The molecule has 0 aliphatic heterocycles. The molecule has 0 fully saturated rings. The first-order chi connectivity index (χ1) is 7.20. The van der Waals surface area contributed by atoms with Gasteiger partial charge in [0.15, 0.2) is 0 Å². The highest BCUT2D eigenvalue weighted by Crippen LogP contribution is 1.92. The minimum absolute atomic E-state index is 0.233. The quantitative estimate of drug-likeness (QED) is 0.360. The molecule has 0 unspecified atom stereocenters. The molecule has 0 aromatic rings. The topological polar surface area (TPSA) is 65.0 Å². The number of hydrogen-bond acceptors (Lipinski definition) is 5. The minimum Gasteiger partial charge on any atom is -0.466 e. The Balaban J connectivity index is 3.45. The van der Waals surface area contributed by atoms with E-state index in [-0.39, 0.29) is 5.97 Å². The number of esters is 2. The number of rotatable bonds is 7. The van der Waals surface area contributed by atoms with Crippen molar-refractivity contribution in [2.45, 2.75) is 26.7 Å². The van der Waals surface area contributed by atoms with Crippen molar-refractivity contribution in [3.63, 3.8) is 0 Å². The smallest absolute Gasteiger partial charge is 0.348 e. The molecule has 0 aliphatic rings. The van der Waals surface area contributed by atoms with Gasteiger partial charge < -0.3 is 9.47 Å². The summed E-state index contributed by atoms with van der Waals surface area (Å²) in [7, 11) is 0. The van der Waals surface area contributed by atoms with Gasteiger partial charge in [0.2, 0.25) is 0 Å². The van der Waals surface area contributed by atoms with Crippen LogP contribution < -0.4 is 0 Å². The summed E-state index contributed by atoms with van der Waals surface area (Å²) in [6.45, 7) is 4.65. The number of hydrogen-bond donors (Lipinski definition) is 0. The van der Waals surface area contributed by atoms with Crippen LogP contribution in [-0.2, 0) is 19.1 Å². The Kier molecular flexibility index (Phi) is 8.33. The van der Waals surface area contributed by atoms with Crippen LogP contribution in [0.25, 0.3) is 0 Å². The van der Waals surface area contributed by atoms with Gasteiger partial charge in [-0.05, 0) is 20.3 Å². The normalized spacial score (nSPS) is 10.3. The Hall–Kier alpha value is -1.39. The monoisotopic (exact) mass is 215 g/mol. The molecule has 0 saturated heterocycles. The molecule has 15 heavy (non-hydrogen) atoms. The lowest BCUT2D eigenvalue weighted by molar-refractivity contribution is -0.143.